The van der Waals surface area contributed by atoms with Crippen molar-refractivity contribution in [2.75, 3.05) is 13.6 Å². The molecule has 2 amide bonds. The second kappa shape index (κ2) is 6.32. The van der Waals surface area contributed by atoms with Gasteiger partial charge in [0.05, 0.1) is 6.10 Å². The number of nitrogens with zero attached hydrogens (tertiary/aromatic N) is 1. The largest absolute Gasteiger partial charge is 0.480 e. The van der Waals surface area contributed by atoms with Crippen LogP contribution in [0.15, 0.2) is 0 Å². The molecule has 94 valence electrons. The van der Waals surface area contributed by atoms with Crippen LogP contribution < -0.4 is 5.32 Å². The third-order valence-electron chi connectivity index (χ3n) is 2.10. The summed E-state index contributed by atoms with van der Waals surface area (Å²) in [6, 6.07) is -1.41. The van der Waals surface area contributed by atoms with E-state index in [-0.39, 0.29) is 12.5 Å². The summed E-state index contributed by atoms with van der Waals surface area (Å²) in [5.74, 6) is -1.25. The predicted molar refractivity (Wildman–Crippen MR) is 59.1 cm³/mol. The first kappa shape index (κ1) is 14.7. The van der Waals surface area contributed by atoms with Crippen LogP contribution in [0.2, 0.25) is 0 Å². The number of carbonyl (C=O) groups excluding carboxylic acids is 1. The van der Waals surface area contributed by atoms with Crippen LogP contribution in [-0.4, -0.2) is 52.9 Å². The third kappa shape index (κ3) is 4.97. The number of urea groups is 1. The molecule has 0 saturated carbocycles. The summed E-state index contributed by atoms with van der Waals surface area (Å²) in [7, 11) is 1.50. The molecular weight excluding hydrogens is 212 g/mol. The van der Waals surface area contributed by atoms with E-state index in [0.29, 0.717) is 0 Å². The number of amides is 2. The number of carboxylic acids is 1. The minimum Gasteiger partial charge on any atom is -0.480 e. The molecule has 0 aromatic rings. The fourth-order valence-electron chi connectivity index (χ4n) is 1.24. The molecule has 0 saturated heterocycles. The number of nitrogens with one attached hydrogen (secondary N) is 1. The Morgan fingerprint density at radius 2 is 1.81 bits per heavy atom. The van der Waals surface area contributed by atoms with Gasteiger partial charge < -0.3 is 20.4 Å². The highest BCUT2D eigenvalue weighted by Gasteiger charge is 2.24. The van der Waals surface area contributed by atoms with Crippen molar-refractivity contribution in [1.82, 2.24) is 10.2 Å². The van der Waals surface area contributed by atoms with Crippen molar-refractivity contribution in [1.29, 1.82) is 0 Å². The van der Waals surface area contributed by atoms with Crippen molar-refractivity contribution in [3.05, 3.63) is 0 Å². The van der Waals surface area contributed by atoms with E-state index in [4.69, 9.17) is 10.2 Å². The maximum atomic E-state index is 11.5. The highest BCUT2D eigenvalue weighted by molar-refractivity contribution is 5.82. The van der Waals surface area contributed by atoms with E-state index in [1.807, 2.05) is 0 Å². The van der Waals surface area contributed by atoms with Crippen molar-refractivity contribution in [3.63, 3.8) is 0 Å². The number of aliphatic carboxylic acids is 1. The molecule has 0 aromatic heterocycles. The summed E-state index contributed by atoms with van der Waals surface area (Å²) in [6.45, 7) is 5.15. The minimum absolute atomic E-state index is 0.163. The Hall–Kier alpha value is -1.30. The van der Waals surface area contributed by atoms with Gasteiger partial charge in [-0.25, -0.2) is 9.59 Å². The molecule has 0 aliphatic carbocycles. The Kier molecular flexibility index (Phi) is 5.81. The molecule has 3 N–H and O–H groups in total. The first-order valence-electron chi connectivity index (χ1n) is 5.18. The third-order valence-corrected chi connectivity index (χ3v) is 2.10. The molecule has 2 atom stereocenters. The molecule has 0 spiro atoms. The van der Waals surface area contributed by atoms with Crippen LogP contribution in [-0.2, 0) is 4.79 Å². The lowest BCUT2D eigenvalue weighted by atomic mass is 10.1. The Balaban J connectivity index is 4.35. The molecule has 0 heterocycles. The fourth-order valence-corrected chi connectivity index (χ4v) is 1.24. The van der Waals surface area contributed by atoms with Gasteiger partial charge >= 0.3 is 12.0 Å². The number of aliphatic hydroxyl groups is 1. The van der Waals surface area contributed by atoms with E-state index < -0.39 is 24.1 Å². The predicted octanol–water partition coefficient (Wildman–Crippen LogP) is 0.118. The molecule has 0 aliphatic rings. The summed E-state index contributed by atoms with van der Waals surface area (Å²) in [5, 5.41) is 20.4. The summed E-state index contributed by atoms with van der Waals surface area (Å²) in [6.07, 6.45) is -0.641. The van der Waals surface area contributed by atoms with E-state index in [0.717, 1.165) is 0 Å². The van der Waals surface area contributed by atoms with Crippen LogP contribution in [0.25, 0.3) is 0 Å². The summed E-state index contributed by atoms with van der Waals surface area (Å²) in [5.41, 5.74) is 0. The van der Waals surface area contributed by atoms with Gasteiger partial charge in [-0.15, -0.1) is 0 Å². The summed E-state index contributed by atoms with van der Waals surface area (Å²) >= 11 is 0. The van der Waals surface area contributed by atoms with Crippen LogP contribution in [0, 0.1) is 5.92 Å². The Morgan fingerprint density at radius 1 is 1.31 bits per heavy atom. The zero-order chi connectivity index (χ0) is 12.9. The molecule has 0 radical (unpaired) electrons. The van der Waals surface area contributed by atoms with E-state index in [2.05, 4.69) is 5.32 Å². The quantitative estimate of drug-likeness (QED) is 0.628. The number of aliphatic hydroxyl groups excluding tert-OH is 1. The smallest absolute Gasteiger partial charge is 0.326 e. The van der Waals surface area contributed by atoms with Gasteiger partial charge in [-0.1, -0.05) is 13.8 Å². The van der Waals surface area contributed by atoms with Crippen LogP contribution >= 0.6 is 0 Å². The van der Waals surface area contributed by atoms with Crippen LogP contribution in [0.3, 0.4) is 0 Å². The highest BCUT2D eigenvalue weighted by Crippen LogP contribution is 2.02. The molecule has 16 heavy (non-hydrogen) atoms. The molecule has 6 nitrogen and oxygen atoms in total. The molecule has 0 fully saturated rings. The van der Waals surface area contributed by atoms with Gasteiger partial charge in [-0.3, -0.25) is 0 Å². The molecule has 0 rings (SSSR count). The van der Waals surface area contributed by atoms with E-state index >= 15 is 0 Å². The van der Waals surface area contributed by atoms with Crippen molar-refractivity contribution >= 4 is 12.0 Å². The van der Waals surface area contributed by atoms with Crippen molar-refractivity contribution < 1.29 is 19.8 Å². The lowest BCUT2D eigenvalue weighted by Crippen LogP contribution is -2.50. The number of likely N-dealkylation sites (N-methyl/N-ethyl adjacent to an activating group) is 1. The molecule has 0 bridgehead atoms. The average Bonchev–Trinajstić information content (AvgIpc) is 2.11. The minimum atomic E-state index is -1.06. The molecule has 0 aliphatic heterocycles. The van der Waals surface area contributed by atoms with Gasteiger partial charge in [-0.2, -0.15) is 0 Å². The summed E-state index contributed by atoms with van der Waals surface area (Å²) in [4.78, 5) is 23.6. The van der Waals surface area contributed by atoms with Crippen LogP contribution in [0.5, 0.6) is 0 Å². The number of rotatable bonds is 5. The van der Waals surface area contributed by atoms with Gasteiger partial charge in [0.15, 0.2) is 0 Å². The van der Waals surface area contributed by atoms with Crippen LogP contribution in [0.4, 0.5) is 4.79 Å². The topological polar surface area (TPSA) is 89.9 Å². The van der Waals surface area contributed by atoms with E-state index in [1.54, 1.807) is 20.8 Å². The Labute approximate surface area is 95.2 Å². The second-order valence-electron chi connectivity index (χ2n) is 4.24. The number of carbonyl (C=O) groups is 2. The first-order chi connectivity index (χ1) is 7.25. The van der Waals surface area contributed by atoms with Crippen molar-refractivity contribution in [2.45, 2.75) is 32.9 Å². The molecule has 0 aromatic carbocycles. The lowest BCUT2D eigenvalue weighted by Gasteiger charge is -2.24. The highest BCUT2D eigenvalue weighted by atomic mass is 16.4. The first-order valence-corrected chi connectivity index (χ1v) is 5.18. The lowest BCUT2D eigenvalue weighted by molar-refractivity contribution is -0.140. The normalized spacial score (nSPS) is 14.4. The van der Waals surface area contributed by atoms with Gasteiger partial charge in [0.25, 0.3) is 0 Å². The Morgan fingerprint density at radius 3 is 2.12 bits per heavy atom. The summed E-state index contributed by atoms with van der Waals surface area (Å²) < 4.78 is 0. The molecule has 6 heteroatoms. The maximum Gasteiger partial charge on any atom is 0.326 e. The number of hydrogen-bond donors (Lipinski definition) is 3. The van der Waals surface area contributed by atoms with Crippen molar-refractivity contribution in [2.24, 2.45) is 5.92 Å². The number of hydrogen-bond acceptors (Lipinski definition) is 3. The zero-order valence-electron chi connectivity index (χ0n) is 10.1. The average molecular weight is 232 g/mol. The SMILES string of the molecule is CC(O)CN(C)C(=O)NC(C(=O)O)C(C)C. The van der Waals surface area contributed by atoms with E-state index in [1.165, 1.54) is 11.9 Å². The van der Waals surface area contributed by atoms with Gasteiger partial charge in [0.1, 0.15) is 6.04 Å². The van der Waals surface area contributed by atoms with Gasteiger partial charge in [-0.05, 0) is 12.8 Å². The Bertz CT molecular complexity index is 253. The maximum absolute atomic E-state index is 11.5. The number of carboxylic acid groups (broad SMARTS) is 1. The molecular formula is C10H20N2O4. The fraction of sp³-hybridized carbons (Fsp3) is 0.800. The van der Waals surface area contributed by atoms with Crippen LogP contribution in [0.1, 0.15) is 20.8 Å². The second-order valence-corrected chi connectivity index (χ2v) is 4.24. The standard InChI is InChI=1S/C10H20N2O4/c1-6(2)8(9(14)15)11-10(16)12(4)5-7(3)13/h6-8,13H,5H2,1-4H3,(H,11,16)(H,14,15). The zero-order valence-corrected chi connectivity index (χ0v) is 10.1. The van der Waals surface area contributed by atoms with Gasteiger partial charge in [0, 0.05) is 13.6 Å². The van der Waals surface area contributed by atoms with Gasteiger partial charge in [0.2, 0.25) is 0 Å². The monoisotopic (exact) mass is 232 g/mol. The molecule has 2 unspecified atom stereocenters. The van der Waals surface area contributed by atoms with E-state index in [9.17, 15) is 9.59 Å². The van der Waals surface area contributed by atoms with Crippen molar-refractivity contribution in [3.8, 4) is 0 Å².